The molecule has 10 nitrogen and oxygen atoms in total. The highest BCUT2D eigenvalue weighted by atomic mass is 16.8. The molecule has 0 spiro atoms. The number of aliphatic hydroxyl groups is 4. The monoisotopic (exact) mass is 350 g/mol. The van der Waals surface area contributed by atoms with Gasteiger partial charge in [-0.05, 0) is 13.8 Å². The van der Waals surface area contributed by atoms with Crippen molar-refractivity contribution < 1.29 is 39.5 Å². The lowest BCUT2D eigenvalue weighted by molar-refractivity contribution is -0.311. The molecule has 0 saturated carbocycles. The zero-order chi connectivity index (χ0) is 18.3. The molecule has 0 radical (unpaired) electrons. The molecule has 0 amide bonds. The molecule has 10 heteroatoms. The van der Waals surface area contributed by atoms with Crippen molar-refractivity contribution in [2.75, 3.05) is 45.9 Å². The molecular formula is C14H26N2O8. The quantitative estimate of drug-likeness (QED) is 0.266. The summed E-state index contributed by atoms with van der Waals surface area (Å²) in [5.41, 5.74) is 0. The molecule has 0 aliphatic carbocycles. The largest absolute Gasteiger partial charge is 0.405 e. The minimum atomic E-state index is -1.90. The molecule has 1 rings (SSSR count). The fourth-order valence-electron chi connectivity index (χ4n) is 2.33. The summed E-state index contributed by atoms with van der Waals surface area (Å²) in [6.07, 6.45) is -2.90. The first kappa shape index (κ1) is 20.7. The van der Waals surface area contributed by atoms with Crippen molar-refractivity contribution in [3.8, 4) is 0 Å². The molecule has 1 aliphatic rings. The van der Waals surface area contributed by atoms with E-state index in [4.69, 9.17) is 14.6 Å². The Hall–Kier alpha value is -1.30. The van der Waals surface area contributed by atoms with E-state index in [2.05, 4.69) is 0 Å². The standard InChI is InChI=1S/C14H26N2O8/c1-10(19)12(21)23-14(24-13(22)11(2)20)9-15(5-7-17)3-4-16(14)6-8-18/h10-11,17-20H,3-9H2,1-2H3. The van der Waals surface area contributed by atoms with Gasteiger partial charge in [-0.1, -0.05) is 0 Å². The van der Waals surface area contributed by atoms with Gasteiger partial charge in [-0.3, -0.25) is 4.90 Å². The summed E-state index contributed by atoms with van der Waals surface area (Å²) in [4.78, 5) is 27.0. The number of hydrogen-bond donors (Lipinski definition) is 4. The van der Waals surface area contributed by atoms with Crippen molar-refractivity contribution in [3.05, 3.63) is 0 Å². The van der Waals surface area contributed by atoms with Crippen molar-refractivity contribution in [1.82, 2.24) is 9.80 Å². The third-order valence-electron chi connectivity index (χ3n) is 3.58. The third-order valence-corrected chi connectivity index (χ3v) is 3.58. The Morgan fingerprint density at radius 3 is 1.92 bits per heavy atom. The van der Waals surface area contributed by atoms with E-state index >= 15 is 0 Å². The van der Waals surface area contributed by atoms with E-state index in [-0.39, 0.29) is 39.4 Å². The number of rotatable bonds is 8. The van der Waals surface area contributed by atoms with Crippen molar-refractivity contribution in [3.63, 3.8) is 0 Å². The Morgan fingerprint density at radius 1 is 1.00 bits per heavy atom. The first-order chi connectivity index (χ1) is 11.3. The summed E-state index contributed by atoms with van der Waals surface area (Å²) in [6.45, 7) is 2.96. The smallest absolute Gasteiger partial charge is 0.338 e. The summed E-state index contributed by atoms with van der Waals surface area (Å²) >= 11 is 0. The second kappa shape index (κ2) is 9.25. The molecule has 24 heavy (non-hydrogen) atoms. The average molecular weight is 350 g/mol. The van der Waals surface area contributed by atoms with Crippen LogP contribution in [0, 0.1) is 0 Å². The topological polar surface area (TPSA) is 140 Å². The van der Waals surface area contributed by atoms with Gasteiger partial charge in [0.1, 0.15) is 12.2 Å². The lowest BCUT2D eigenvalue weighted by Gasteiger charge is -2.47. The number of β-amino-alcohol motifs (C(OH)–C–C–N with tert-alkyl or cyclic N) is 2. The number of esters is 2. The number of piperazine rings is 1. The zero-order valence-electron chi connectivity index (χ0n) is 13.9. The van der Waals surface area contributed by atoms with Crippen molar-refractivity contribution >= 4 is 11.9 Å². The van der Waals surface area contributed by atoms with E-state index in [0.29, 0.717) is 6.54 Å². The Bertz CT molecular complexity index is 407. The lowest BCUT2D eigenvalue weighted by Crippen LogP contribution is -2.67. The Kier molecular flexibility index (Phi) is 8.00. The Labute approximate surface area is 140 Å². The fraction of sp³-hybridized carbons (Fsp3) is 0.857. The van der Waals surface area contributed by atoms with Gasteiger partial charge < -0.3 is 29.9 Å². The maximum atomic E-state index is 11.9. The number of nitrogens with zero attached hydrogens (tertiary/aromatic N) is 2. The van der Waals surface area contributed by atoms with Crippen LogP contribution in [-0.2, 0) is 19.1 Å². The molecule has 1 fully saturated rings. The first-order valence-corrected chi connectivity index (χ1v) is 7.76. The van der Waals surface area contributed by atoms with E-state index in [9.17, 15) is 24.9 Å². The van der Waals surface area contributed by atoms with Crippen LogP contribution in [0.3, 0.4) is 0 Å². The van der Waals surface area contributed by atoms with Crippen LogP contribution >= 0.6 is 0 Å². The molecule has 4 N–H and O–H groups in total. The number of aliphatic hydroxyl groups excluding tert-OH is 4. The highest BCUT2D eigenvalue weighted by molar-refractivity contribution is 5.76. The summed E-state index contributed by atoms with van der Waals surface area (Å²) in [5, 5.41) is 37.2. The van der Waals surface area contributed by atoms with Crippen molar-refractivity contribution in [1.29, 1.82) is 0 Å². The maximum absolute atomic E-state index is 11.9. The molecule has 0 aromatic heterocycles. The summed E-state index contributed by atoms with van der Waals surface area (Å²) in [5.74, 6) is -3.93. The summed E-state index contributed by atoms with van der Waals surface area (Å²) in [7, 11) is 0. The van der Waals surface area contributed by atoms with Crippen molar-refractivity contribution in [2.24, 2.45) is 0 Å². The van der Waals surface area contributed by atoms with E-state index in [1.165, 1.54) is 18.7 Å². The number of carbonyl (C=O) groups is 2. The maximum Gasteiger partial charge on any atom is 0.338 e. The van der Waals surface area contributed by atoms with E-state index < -0.39 is 30.1 Å². The number of hydrogen-bond acceptors (Lipinski definition) is 10. The van der Waals surface area contributed by atoms with Crippen LogP contribution in [0.5, 0.6) is 0 Å². The number of carbonyl (C=O) groups excluding carboxylic acids is 2. The van der Waals surface area contributed by atoms with Crippen LogP contribution in [-0.4, -0.2) is 106 Å². The highest BCUT2D eigenvalue weighted by Crippen LogP contribution is 2.26. The SMILES string of the molecule is CC(O)C(=O)OC1(OC(=O)C(C)O)CN(CCO)CCN1CCO. The lowest BCUT2D eigenvalue weighted by atomic mass is 10.2. The Balaban J connectivity index is 3.13. The van der Waals surface area contributed by atoms with Gasteiger partial charge in [0.15, 0.2) is 0 Å². The molecule has 0 aromatic rings. The van der Waals surface area contributed by atoms with Crippen LogP contribution in [0.25, 0.3) is 0 Å². The average Bonchev–Trinajstić information content (AvgIpc) is 2.50. The highest BCUT2D eigenvalue weighted by Gasteiger charge is 2.49. The predicted molar refractivity (Wildman–Crippen MR) is 80.5 cm³/mol. The third kappa shape index (κ3) is 5.36. The molecule has 0 aromatic carbocycles. The Morgan fingerprint density at radius 2 is 1.50 bits per heavy atom. The summed E-state index contributed by atoms with van der Waals surface area (Å²) < 4.78 is 10.5. The molecule has 1 heterocycles. The molecule has 1 aliphatic heterocycles. The van der Waals surface area contributed by atoms with Crippen molar-refractivity contribution in [2.45, 2.75) is 32.0 Å². The summed E-state index contributed by atoms with van der Waals surface area (Å²) in [6, 6.07) is 0. The van der Waals surface area contributed by atoms with Crippen LogP contribution in [0.15, 0.2) is 0 Å². The molecule has 140 valence electrons. The van der Waals surface area contributed by atoms with E-state index in [1.807, 2.05) is 0 Å². The van der Waals surface area contributed by atoms with Gasteiger partial charge in [-0.2, -0.15) is 0 Å². The van der Waals surface area contributed by atoms with Gasteiger partial charge in [0.25, 0.3) is 0 Å². The first-order valence-electron chi connectivity index (χ1n) is 7.76. The fourth-order valence-corrected chi connectivity index (χ4v) is 2.33. The second-order valence-electron chi connectivity index (χ2n) is 5.62. The molecule has 1 saturated heterocycles. The van der Waals surface area contributed by atoms with Crippen LogP contribution in [0.2, 0.25) is 0 Å². The van der Waals surface area contributed by atoms with Crippen LogP contribution < -0.4 is 0 Å². The van der Waals surface area contributed by atoms with Gasteiger partial charge in [0.05, 0.1) is 19.8 Å². The minimum absolute atomic E-state index is 0.0488. The van der Waals surface area contributed by atoms with Gasteiger partial charge in [-0.15, -0.1) is 0 Å². The molecule has 2 atom stereocenters. The van der Waals surface area contributed by atoms with Gasteiger partial charge in [0.2, 0.25) is 0 Å². The van der Waals surface area contributed by atoms with Crippen LogP contribution in [0.4, 0.5) is 0 Å². The second-order valence-corrected chi connectivity index (χ2v) is 5.62. The molecular weight excluding hydrogens is 324 g/mol. The number of ether oxygens (including phenoxy) is 2. The minimum Gasteiger partial charge on any atom is -0.405 e. The van der Waals surface area contributed by atoms with E-state index in [1.54, 1.807) is 4.90 Å². The normalized spacial score (nSPS) is 25.1. The molecule has 0 bridgehead atoms. The molecule has 2 unspecified atom stereocenters. The van der Waals surface area contributed by atoms with Gasteiger partial charge in [0, 0.05) is 26.2 Å². The zero-order valence-corrected chi connectivity index (χ0v) is 13.9. The van der Waals surface area contributed by atoms with Gasteiger partial charge >= 0.3 is 17.8 Å². The predicted octanol–water partition coefficient (Wildman–Crippen LogP) is -2.91. The van der Waals surface area contributed by atoms with E-state index in [0.717, 1.165) is 0 Å². The van der Waals surface area contributed by atoms with Crippen LogP contribution in [0.1, 0.15) is 13.8 Å². The van der Waals surface area contributed by atoms with Gasteiger partial charge in [-0.25, -0.2) is 14.5 Å².